The molecule has 0 aliphatic heterocycles. The Balaban J connectivity index is 0.00000101. The average molecular weight is 402 g/mol. The molecular formula is C25H26N2O3. The van der Waals surface area contributed by atoms with E-state index >= 15 is 0 Å². The minimum absolute atomic E-state index is 0.0951. The van der Waals surface area contributed by atoms with Crippen molar-refractivity contribution >= 4 is 24.0 Å². The zero-order valence-corrected chi connectivity index (χ0v) is 17.2. The fraction of sp³-hybridized carbons (Fsp3) is 0.160. The van der Waals surface area contributed by atoms with Gasteiger partial charge in [-0.15, -0.1) is 0 Å². The summed E-state index contributed by atoms with van der Waals surface area (Å²) in [5.41, 5.74) is 4.51. The van der Waals surface area contributed by atoms with Crippen LogP contribution >= 0.6 is 0 Å². The van der Waals surface area contributed by atoms with E-state index in [1.807, 2.05) is 60.7 Å². The Kier molecular flexibility index (Phi) is 9.00. The van der Waals surface area contributed by atoms with Gasteiger partial charge in [-0.05, 0) is 49.2 Å². The van der Waals surface area contributed by atoms with Crippen molar-refractivity contribution in [2.45, 2.75) is 13.8 Å². The number of rotatable bonds is 7. The van der Waals surface area contributed by atoms with Crippen molar-refractivity contribution in [1.29, 1.82) is 0 Å². The van der Waals surface area contributed by atoms with Crippen molar-refractivity contribution in [2.75, 3.05) is 18.0 Å². The van der Waals surface area contributed by atoms with Crippen molar-refractivity contribution in [3.63, 3.8) is 0 Å². The van der Waals surface area contributed by atoms with Gasteiger partial charge in [-0.3, -0.25) is 14.6 Å². The first kappa shape index (κ1) is 22.6. The van der Waals surface area contributed by atoms with Crippen LogP contribution in [0.2, 0.25) is 0 Å². The molecule has 0 saturated carbocycles. The summed E-state index contributed by atoms with van der Waals surface area (Å²) in [7, 11) is 0. The Morgan fingerprint density at radius 3 is 2.20 bits per heavy atom. The summed E-state index contributed by atoms with van der Waals surface area (Å²) in [6.45, 7) is 6.00. The van der Waals surface area contributed by atoms with E-state index in [9.17, 15) is 4.79 Å². The molecule has 5 heteroatoms. The Bertz CT molecular complexity index is 963. The highest BCUT2D eigenvalue weighted by atomic mass is 16.3. The van der Waals surface area contributed by atoms with E-state index in [0.29, 0.717) is 5.69 Å². The van der Waals surface area contributed by atoms with Gasteiger partial charge < -0.3 is 10.0 Å². The Hall–Kier alpha value is -3.73. The first-order valence-corrected chi connectivity index (χ1v) is 9.80. The maximum absolute atomic E-state index is 12.7. The summed E-state index contributed by atoms with van der Waals surface area (Å²) >= 11 is 0. The molecule has 1 N–H and O–H groups in total. The Labute approximate surface area is 177 Å². The van der Waals surface area contributed by atoms with Gasteiger partial charge in [0.25, 0.3) is 6.47 Å². The number of hydrogen-bond donors (Lipinski definition) is 1. The molecule has 3 aromatic rings. The lowest BCUT2D eigenvalue weighted by Crippen LogP contribution is -2.21. The number of aromatic nitrogens is 1. The van der Waals surface area contributed by atoms with Gasteiger partial charge in [0.2, 0.25) is 5.78 Å². The van der Waals surface area contributed by atoms with Gasteiger partial charge >= 0.3 is 0 Å². The fourth-order valence-corrected chi connectivity index (χ4v) is 3.09. The van der Waals surface area contributed by atoms with Crippen LogP contribution in [0, 0.1) is 0 Å². The molecule has 0 fully saturated rings. The van der Waals surface area contributed by atoms with E-state index in [1.165, 1.54) is 5.69 Å². The molecule has 5 nitrogen and oxygen atoms in total. The maximum Gasteiger partial charge on any atom is 0.290 e. The van der Waals surface area contributed by atoms with E-state index in [1.54, 1.807) is 12.3 Å². The molecular weight excluding hydrogens is 376 g/mol. The number of carbonyl (C=O) groups is 2. The van der Waals surface area contributed by atoms with E-state index < -0.39 is 0 Å². The molecule has 0 saturated heterocycles. The standard InChI is InChI=1S/C24H24N2O.CH2O2/c1-3-26(4-2)21-15-12-19(13-16-21)14-17-23(27)24-22(11-8-18-25-24)20-9-6-5-7-10-20;2-1-3/h5-18H,3-4H2,1-2H3;1H,(H,2,3). The molecule has 1 aromatic heterocycles. The number of allylic oxidation sites excluding steroid dienone is 1. The SMILES string of the molecule is CCN(CC)c1ccc(C=CC(=O)c2ncccc2-c2ccccc2)cc1.O=CO. The summed E-state index contributed by atoms with van der Waals surface area (Å²) in [5.74, 6) is -0.0951. The maximum atomic E-state index is 12.7. The van der Waals surface area contributed by atoms with Crippen LogP contribution < -0.4 is 4.90 Å². The van der Waals surface area contributed by atoms with Crippen LogP contribution in [0.15, 0.2) is 79.0 Å². The molecule has 0 bridgehead atoms. The molecule has 30 heavy (non-hydrogen) atoms. The lowest BCUT2D eigenvalue weighted by atomic mass is 10.0. The summed E-state index contributed by atoms with van der Waals surface area (Å²) < 4.78 is 0. The first-order valence-electron chi connectivity index (χ1n) is 9.80. The molecule has 2 aromatic carbocycles. The molecule has 0 radical (unpaired) electrons. The monoisotopic (exact) mass is 402 g/mol. The van der Waals surface area contributed by atoms with Gasteiger partial charge in [0.1, 0.15) is 5.69 Å². The summed E-state index contributed by atoms with van der Waals surface area (Å²) in [5, 5.41) is 6.89. The Morgan fingerprint density at radius 1 is 0.967 bits per heavy atom. The molecule has 0 aliphatic carbocycles. The normalized spacial score (nSPS) is 10.2. The van der Waals surface area contributed by atoms with Gasteiger partial charge in [-0.1, -0.05) is 54.6 Å². The first-order chi connectivity index (χ1) is 14.6. The zero-order chi connectivity index (χ0) is 21.8. The number of carbonyl (C=O) groups excluding carboxylic acids is 1. The van der Waals surface area contributed by atoms with Crippen molar-refractivity contribution in [2.24, 2.45) is 0 Å². The number of pyridine rings is 1. The lowest BCUT2D eigenvalue weighted by Gasteiger charge is -2.20. The van der Waals surface area contributed by atoms with E-state index in [4.69, 9.17) is 9.90 Å². The second kappa shape index (κ2) is 12.0. The quantitative estimate of drug-likeness (QED) is 0.334. The van der Waals surface area contributed by atoms with Crippen LogP contribution in [0.1, 0.15) is 29.9 Å². The molecule has 0 unspecified atom stereocenters. The number of carboxylic acid groups (broad SMARTS) is 1. The van der Waals surface area contributed by atoms with Gasteiger partial charge in [0.15, 0.2) is 0 Å². The van der Waals surface area contributed by atoms with E-state index in [-0.39, 0.29) is 12.3 Å². The molecule has 3 rings (SSSR count). The highest BCUT2D eigenvalue weighted by molar-refractivity contribution is 6.09. The number of ketones is 1. The van der Waals surface area contributed by atoms with Crippen molar-refractivity contribution in [3.8, 4) is 11.1 Å². The lowest BCUT2D eigenvalue weighted by molar-refractivity contribution is -0.122. The highest BCUT2D eigenvalue weighted by Crippen LogP contribution is 2.23. The predicted octanol–water partition coefficient (Wildman–Crippen LogP) is 5.19. The van der Waals surface area contributed by atoms with Crippen LogP contribution in [0.25, 0.3) is 17.2 Å². The third-order valence-electron chi connectivity index (χ3n) is 4.57. The number of hydrogen-bond acceptors (Lipinski definition) is 4. The minimum atomic E-state index is -0.250. The van der Waals surface area contributed by atoms with Crippen LogP contribution in [0.5, 0.6) is 0 Å². The van der Waals surface area contributed by atoms with Crippen molar-refractivity contribution in [1.82, 2.24) is 4.98 Å². The van der Waals surface area contributed by atoms with Crippen LogP contribution in [0.4, 0.5) is 5.69 Å². The molecule has 154 valence electrons. The zero-order valence-electron chi connectivity index (χ0n) is 17.2. The molecule has 0 aliphatic rings. The second-order valence-electron chi connectivity index (χ2n) is 6.33. The summed E-state index contributed by atoms with van der Waals surface area (Å²) in [4.78, 5) is 27.7. The van der Waals surface area contributed by atoms with Crippen molar-refractivity contribution < 1.29 is 14.7 Å². The number of benzene rings is 2. The van der Waals surface area contributed by atoms with Crippen molar-refractivity contribution in [3.05, 3.63) is 90.3 Å². The third-order valence-corrected chi connectivity index (χ3v) is 4.57. The minimum Gasteiger partial charge on any atom is -0.483 e. The predicted molar refractivity (Wildman–Crippen MR) is 122 cm³/mol. The topological polar surface area (TPSA) is 70.5 Å². The third kappa shape index (κ3) is 6.14. The molecule has 0 amide bonds. The summed E-state index contributed by atoms with van der Waals surface area (Å²) in [6, 6.07) is 21.9. The van der Waals surface area contributed by atoms with Crippen LogP contribution in [-0.4, -0.2) is 35.4 Å². The smallest absolute Gasteiger partial charge is 0.290 e. The van der Waals surface area contributed by atoms with Crippen LogP contribution in [0.3, 0.4) is 0 Å². The second-order valence-corrected chi connectivity index (χ2v) is 6.33. The fourth-order valence-electron chi connectivity index (χ4n) is 3.09. The molecule has 0 spiro atoms. The number of anilines is 1. The van der Waals surface area contributed by atoms with Gasteiger partial charge in [0.05, 0.1) is 0 Å². The van der Waals surface area contributed by atoms with Gasteiger partial charge in [-0.25, -0.2) is 0 Å². The van der Waals surface area contributed by atoms with Crippen LogP contribution in [-0.2, 0) is 4.79 Å². The average Bonchev–Trinajstić information content (AvgIpc) is 2.80. The van der Waals surface area contributed by atoms with E-state index in [0.717, 1.165) is 29.8 Å². The van der Waals surface area contributed by atoms with E-state index in [2.05, 4.69) is 35.9 Å². The largest absolute Gasteiger partial charge is 0.483 e. The molecule has 0 atom stereocenters. The highest BCUT2D eigenvalue weighted by Gasteiger charge is 2.11. The summed E-state index contributed by atoms with van der Waals surface area (Å²) in [6.07, 6.45) is 5.10. The Morgan fingerprint density at radius 2 is 1.60 bits per heavy atom. The van der Waals surface area contributed by atoms with Gasteiger partial charge in [0, 0.05) is 30.5 Å². The van der Waals surface area contributed by atoms with Gasteiger partial charge in [-0.2, -0.15) is 0 Å². The number of nitrogens with zero attached hydrogens (tertiary/aromatic N) is 2. The molecule has 1 heterocycles.